The number of benzene rings is 3. The molecule has 47 heavy (non-hydrogen) atoms. The van der Waals surface area contributed by atoms with Crippen LogP contribution in [0.1, 0.15) is 79.5 Å². The maximum atomic E-state index is 13.3. The Balaban J connectivity index is 0.973. The summed E-state index contributed by atoms with van der Waals surface area (Å²) < 4.78 is 29.4. The summed E-state index contributed by atoms with van der Waals surface area (Å²) in [5.41, 5.74) is 8.21. The first-order valence-corrected chi connectivity index (χ1v) is 19.5. The smallest absolute Gasteiger partial charge is 0.261 e. The molecule has 1 unspecified atom stereocenters. The van der Waals surface area contributed by atoms with Crippen molar-refractivity contribution in [2.24, 2.45) is 0 Å². The monoisotopic (exact) mass is 673 g/mol. The van der Waals surface area contributed by atoms with E-state index in [0.717, 1.165) is 77.7 Å². The van der Waals surface area contributed by atoms with Gasteiger partial charge in [-0.3, -0.25) is 4.72 Å². The highest BCUT2D eigenvalue weighted by atomic mass is 32.2. The summed E-state index contributed by atoms with van der Waals surface area (Å²) in [5.74, 6) is 0. The Morgan fingerprint density at radius 1 is 0.957 bits per heavy atom. The zero-order valence-electron chi connectivity index (χ0n) is 27.3. The fraction of sp³-hybridized carbons (Fsp3) is 0.432. The molecule has 4 N–H and O–H groups in total. The van der Waals surface area contributed by atoms with Gasteiger partial charge in [-0.2, -0.15) is 0 Å². The average molecular weight is 674 g/mol. The van der Waals surface area contributed by atoms with E-state index in [0.29, 0.717) is 18.8 Å². The summed E-state index contributed by atoms with van der Waals surface area (Å²) in [6.45, 7) is 5.19. The maximum Gasteiger partial charge on any atom is 0.261 e. The Hall–Kier alpha value is -3.44. The molecule has 3 aromatic carbocycles. The molecule has 1 atom stereocenters. The number of aliphatic hydroxyl groups is 1. The van der Waals surface area contributed by atoms with E-state index < -0.39 is 16.1 Å². The van der Waals surface area contributed by atoms with Gasteiger partial charge in [-0.05, 0) is 97.3 Å². The van der Waals surface area contributed by atoms with Crippen LogP contribution in [0.3, 0.4) is 0 Å². The lowest BCUT2D eigenvalue weighted by Crippen LogP contribution is -2.23. The van der Waals surface area contributed by atoms with Gasteiger partial charge in [0.05, 0.1) is 16.7 Å². The third kappa shape index (κ3) is 8.54. The summed E-state index contributed by atoms with van der Waals surface area (Å²) in [6, 6.07) is 19.0. The predicted molar refractivity (Wildman–Crippen MR) is 194 cm³/mol. The van der Waals surface area contributed by atoms with Gasteiger partial charge in [0.15, 0.2) is 5.13 Å². The second-order valence-corrected chi connectivity index (χ2v) is 15.2. The highest BCUT2D eigenvalue weighted by Crippen LogP contribution is 2.37. The molecule has 8 nitrogen and oxygen atoms in total. The topological polar surface area (TPSA) is 107 Å². The number of rotatable bonds is 17. The van der Waals surface area contributed by atoms with Crippen LogP contribution in [0.5, 0.6) is 0 Å². The molecule has 250 valence electrons. The van der Waals surface area contributed by atoms with Crippen molar-refractivity contribution in [2.75, 3.05) is 41.1 Å². The third-order valence-corrected chi connectivity index (χ3v) is 11.5. The lowest BCUT2D eigenvalue weighted by molar-refractivity contribution is 0.175. The van der Waals surface area contributed by atoms with Crippen LogP contribution in [-0.2, 0) is 35.7 Å². The molecule has 0 amide bonds. The number of nitrogens with one attached hydrogen (secondary N) is 3. The normalized spacial score (nSPS) is 14.6. The highest BCUT2D eigenvalue weighted by molar-refractivity contribution is 7.92. The minimum absolute atomic E-state index is 0.271. The molecule has 2 aliphatic rings. The molecule has 1 aromatic heterocycles. The van der Waals surface area contributed by atoms with Crippen LogP contribution in [-0.4, -0.2) is 44.7 Å². The number of fused-ring (bicyclic) bond motifs is 2. The summed E-state index contributed by atoms with van der Waals surface area (Å²) in [7, 11) is -3.73. The fourth-order valence-electron chi connectivity index (χ4n) is 6.44. The first kappa shape index (κ1) is 33.5. The summed E-state index contributed by atoms with van der Waals surface area (Å²) in [5, 5.41) is 20.4. The first-order chi connectivity index (χ1) is 22.9. The van der Waals surface area contributed by atoms with Crippen molar-refractivity contribution in [3.05, 3.63) is 94.0 Å². The van der Waals surface area contributed by atoms with Gasteiger partial charge >= 0.3 is 0 Å². The van der Waals surface area contributed by atoms with Crippen LogP contribution >= 0.6 is 11.3 Å². The van der Waals surface area contributed by atoms with E-state index in [9.17, 15) is 13.5 Å². The number of nitrogens with zero attached hydrogens (tertiary/aromatic N) is 2. The average Bonchev–Trinajstić information content (AvgIpc) is 3.84. The van der Waals surface area contributed by atoms with Crippen molar-refractivity contribution < 1.29 is 13.5 Å². The standard InChI is InChI=1S/C37H47N5O3S2/c1-2-3-4-5-6-7-8-32-26-46-37(40-32)42-22-19-29-24-33(14-16-35(29)42)47(44,45)41-31-12-9-27(10-13-31)17-20-38-25-36(43)30-11-15-34-28(23-30)18-21-39-34/h9-16,23-24,26,36,38-39,41,43H,2-8,17-22,25H2,1H3. The molecule has 10 heteroatoms. The van der Waals surface area contributed by atoms with Gasteiger partial charge < -0.3 is 20.6 Å². The van der Waals surface area contributed by atoms with Gasteiger partial charge in [0.2, 0.25) is 0 Å². The van der Waals surface area contributed by atoms with Gasteiger partial charge in [0, 0.05) is 42.1 Å². The van der Waals surface area contributed by atoms with Crippen LogP contribution in [0.25, 0.3) is 0 Å². The van der Waals surface area contributed by atoms with Crippen LogP contribution in [0, 0.1) is 0 Å². The third-order valence-electron chi connectivity index (χ3n) is 9.17. The zero-order valence-corrected chi connectivity index (χ0v) is 28.9. The summed E-state index contributed by atoms with van der Waals surface area (Å²) in [4.78, 5) is 7.40. The number of aromatic nitrogens is 1. The SMILES string of the molecule is CCCCCCCCc1csc(N2CCc3cc(S(=O)(=O)Nc4ccc(CCNCC(O)c5ccc6c(c5)CCN6)cc4)ccc32)n1. The Kier molecular flexibility index (Phi) is 11.1. The second-order valence-electron chi connectivity index (χ2n) is 12.7. The summed E-state index contributed by atoms with van der Waals surface area (Å²) in [6.07, 6.45) is 10.7. The van der Waals surface area contributed by atoms with Gasteiger partial charge in [-0.25, -0.2) is 13.4 Å². The largest absolute Gasteiger partial charge is 0.387 e. The van der Waals surface area contributed by atoms with Crippen molar-refractivity contribution in [2.45, 2.75) is 82.1 Å². The number of thiazole rings is 1. The molecular formula is C37H47N5O3S2. The number of aliphatic hydroxyl groups excluding tert-OH is 1. The van der Waals surface area contributed by atoms with E-state index in [1.165, 1.54) is 44.1 Å². The molecule has 4 aromatic rings. The van der Waals surface area contributed by atoms with Crippen molar-refractivity contribution in [3.8, 4) is 0 Å². The highest BCUT2D eigenvalue weighted by Gasteiger charge is 2.25. The van der Waals surface area contributed by atoms with E-state index in [2.05, 4.69) is 38.6 Å². The Morgan fingerprint density at radius 3 is 2.64 bits per heavy atom. The fourth-order valence-corrected chi connectivity index (χ4v) is 8.45. The van der Waals surface area contributed by atoms with Crippen molar-refractivity contribution in [3.63, 3.8) is 0 Å². The molecule has 0 saturated heterocycles. The minimum atomic E-state index is -3.73. The summed E-state index contributed by atoms with van der Waals surface area (Å²) >= 11 is 1.67. The Labute approximate surface area is 283 Å². The molecule has 2 aliphatic heterocycles. The predicted octanol–water partition coefficient (Wildman–Crippen LogP) is 7.37. The number of unbranched alkanes of at least 4 members (excludes halogenated alkanes) is 5. The molecule has 0 aliphatic carbocycles. The number of aryl methyl sites for hydroxylation is 1. The van der Waals surface area contributed by atoms with Crippen LogP contribution in [0.2, 0.25) is 0 Å². The van der Waals surface area contributed by atoms with Gasteiger partial charge in [0.25, 0.3) is 10.0 Å². The molecule has 6 rings (SSSR count). The number of hydrogen-bond acceptors (Lipinski definition) is 8. The molecule has 3 heterocycles. The molecule has 0 fully saturated rings. The maximum absolute atomic E-state index is 13.3. The van der Waals surface area contributed by atoms with Crippen molar-refractivity contribution in [1.29, 1.82) is 0 Å². The van der Waals surface area contributed by atoms with E-state index in [-0.39, 0.29) is 4.90 Å². The Bertz CT molecular complexity index is 1740. The number of sulfonamides is 1. The lowest BCUT2D eigenvalue weighted by atomic mass is 10.0. The van der Waals surface area contributed by atoms with E-state index in [1.807, 2.05) is 30.3 Å². The van der Waals surface area contributed by atoms with Crippen LogP contribution in [0.4, 0.5) is 22.2 Å². The molecule has 0 radical (unpaired) electrons. The lowest BCUT2D eigenvalue weighted by Gasteiger charge is -2.16. The van der Waals surface area contributed by atoms with E-state index in [4.69, 9.17) is 4.98 Å². The molecule has 0 saturated carbocycles. The van der Waals surface area contributed by atoms with E-state index >= 15 is 0 Å². The number of hydrogen-bond donors (Lipinski definition) is 4. The minimum Gasteiger partial charge on any atom is -0.387 e. The van der Waals surface area contributed by atoms with Crippen molar-refractivity contribution >= 4 is 43.6 Å². The second kappa shape index (κ2) is 15.6. The van der Waals surface area contributed by atoms with Gasteiger partial charge in [0.1, 0.15) is 0 Å². The molecular weight excluding hydrogens is 627 g/mol. The van der Waals surface area contributed by atoms with Crippen LogP contribution < -0.4 is 20.3 Å². The number of anilines is 4. The molecule has 0 bridgehead atoms. The van der Waals surface area contributed by atoms with E-state index in [1.54, 1.807) is 35.6 Å². The zero-order chi connectivity index (χ0) is 32.6. The van der Waals surface area contributed by atoms with Crippen molar-refractivity contribution in [1.82, 2.24) is 10.3 Å². The molecule has 0 spiro atoms. The first-order valence-electron chi connectivity index (χ1n) is 17.1. The van der Waals surface area contributed by atoms with Crippen LogP contribution in [0.15, 0.2) is 70.9 Å². The van der Waals surface area contributed by atoms with Gasteiger partial charge in [-0.15, -0.1) is 11.3 Å². The van der Waals surface area contributed by atoms with Gasteiger partial charge in [-0.1, -0.05) is 63.3 Å². The Morgan fingerprint density at radius 2 is 1.79 bits per heavy atom. The quantitative estimate of drug-likeness (QED) is 0.0868.